The highest BCUT2D eigenvalue weighted by molar-refractivity contribution is 5.19. The van der Waals surface area contributed by atoms with Gasteiger partial charge in [0.1, 0.15) is 0 Å². The molecule has 0 fully saturated rings. The minimum Gasteiger partial charge on any atom is -0.407 e. The fourth-order valence-corrected chi connectivity index (χ4v) is 1.67. The molecule has 1 atom stereocenters. The van der Waals surface area contributed by atoms with Crippen molar-refractivity contribution in [1.82, 2.24) is 15.5 Å². The maximum absolute atomic E-state index is 5.49. The molecule has 7 nitrogen and oxygen atoms in total. The van der Waals surface area contributed by atoms with Crippen molar-refractivity contribution >= 4 is 6.01 Å². The molecular weight excluding hydrogens is 248 g/mol. The van der Waals surface area contributed by atoms with Crippen molar-refractivity contribution in [3.8, 4) is 0 Å². The van der Waals surface area contributed by atoms with Crippen LogP contribution in [0.15, 0.2) is 4.42 Å². The summed E-state index contributed by atoms with van der Waals surface area (Å²) < 4.78 is 15.6. The van der Waals surface area contributed by atoms with Crippen molar-refractivity contribution in [3.63, 3.8) is 0 Å². The molecule has 0 bridgehead atoms. The molecule has 1 rings (SSSR count). The number of anilines is 1. The average molecular weight is 272 g/mol. The molecule has 0 spiro atoms. The summed E-state index contributed by atoms with van der Waals surface area (Å²) in [7, 11) is 3.35. The monoisotopic (exact) mass is 272 g/mol. The van der Waals surface area contributed by atoms with Crippen molar-refractivity contribution in [3.05, 3.63) is 5.89 Å². The van der Waals surface area contributed by atoms with Crippen LogP contribution in [0.2, 0.25) is 0 Å². The van der Waals surface area contributed by atoms with E-state index in [-0.39, 0.29) is 6.04 Å². The quantitative estimate of drug-likeness (QED) is 0.582. The van der Waals surface area contributed by atoms with E-state index in [0.29, 0.717) is 31.7 Å². The van der Waals surface area contributed by atoms with Crippen molar-refractivity contribution < 1.29 is 13.9 Å². The van der Waals surface area contributed by atoms with Crippen molar-refractivity contribution in [1.29, 1.82) is 0 Å². The Balaban J connectivity index is 2.35. The molecule has 0 aromatic carbocycles. The van der Waals surface area contributed by atoms with Gasteiger partial charge >= 0.3 is 6.01 Å². The Morgan fingerprint density at radius 2 is 2.11 bits per heavy atom. The molecule has 0 aliphatic heterocycles. The van der Waals surface area contributed by atoms with E-state index in [1.165, 1.54) is 0 Å². The first-order valence-electron chi connectivity index (χ1n) is 6.57. The van der Waals surface area contributed by atoms with Crippen LogP contribution in [0.25, 0.3) is 0 Å². The molecule has 0 aliphatic rings. The standard InChI is InChI=1S/C12H24N4O3/c1-4-5-10(9-18-3)14-12-16-15-11(19-12)8-13-6-7-17-2/h10,13H,4-9H2,1-3H3,(H,14,16). The van der Waals surface area contributed by atoms with Crippen LogP contribution in [0, 0.1) is 0 Å². The SMILES string of the molecule is CCCC(COC)Nc1nnc(CNCCOC)o1. The number of hydrogen-bond acceptors (Lipinski definition) is 7. The molecule has 1 unspecified atom stereocenters. The largest absolute Gasteiger partial charge is 0.407 e. The van der Waals surface area contributed by atoms with Gasteiger partial charge in [-0.3, -0.25) is 0 Å². The van der Waals surface area contributed by atoms with E-state index < -0.39 is 0 Å². The maximum atomic E-state index is 5.49. The van der Waals surface area contributed by atoms with E-state index in [0.717, 1.165) is 19.4 Å². The first kappa shape index (κ1) is 15.9. The molecule has 2 N–H and O–H groups in total. The normalized spacial score (nSPS) is 12.6. The highest BCUT2D eigenvalue weighted by atomic mass is 16.5. The topological polar surface area (TPSA) is 81.4 Å². The van der Waals surface area contributed by atoms with E-state index >= 15 is 0 Å². The summed E-state index contributed by atoms with van der Waals surface area (Å²) in [5, 5.41) is 14.3. The molecule has 0 radical (unpaired) electrons. The van der Waals surface area contributed by atoms with Crippen LogP contribution in [0.3, 0.4) is 0 Å². The third-order valence-corrected chi connectivity index (χ3v) is 2.56. The average Bonchev–Trinajstić information content (AvgIpc) is 2.83. The number of nitrogens with one attached hydrogen (secondary N) is 2. The molecule has 0 saturated heterocycles. The van der Waals surface area contributed by atoms with Crippen LogP contribution >= 0.6 is 0 Å². The third kappa shape index (κ3) is 6.51. The van der Waals surface area contributed by atoms with E-state index in [9.17, 15) is 0 Å². The Morgan fingerprint density at radius 3 is 2.79 bits per heavy atom. The Hall–Kier alpha value is -1.18. The molecule has 0 saturated carbocycles. The van der Waals surface area contributed by atoms with Gasteiger partial charge in [0, 0.05) is 20.8 Å². The minimum atomic E-state index is 0.199. The van der Waals surface area contributed by atoms with Crippen LogP contribution in [0.4, 0.5) is 6.01 Å². The maximum Gasteiger partial charge on any atom is 0.315 e. The summed E-state index contributed by atoms with van der Waals surface area (Å²) in [5.41, 5.74) is 0. The summed E-state index contributed by atoms with van der Waals surface area (Å²) in [6.45, 7) is 4.71. The Morgan fingerprint density at radius 1 is 1.26 bits per heavy atom. The van der Waals surface area contributed by atoms with E-state index in [1.807, 2.05) is 0 Å². The van der Waals surface area contributed by atoms with Gasteiger partial charge in [-0.1, -0.05) is 18.4 Å². The van der Waals surface area contributed by atoms with Crippen LogP contribution < -0.4 is 10.6 Å². The first-order valence-corrected chi connectivity index (χ1v) is 6.57. The predicted molar refractivity (Wildman–Crippen MR) is 72.1 cm³/mol. The number of aromatic nitrogens is 2. The van der Waals surface area contributed by atoms with Gasteiger partial charge in [-0.15, -0.1) is 5.10 Å². The lowest BCUT2D eigenvalue weighted by Crippen LogP contribution is -2.24. The molecule has 0 amide bonds. The number of hydrogen-bond donors (Lipinski definition) is 2. The zero-order valence-electron chi connectivity index (χ0n) is 11.9. The van der Waals surface area contributed by atoms with Crippen LogP contribution in [0.5, 0.6) is 0 Å². The summed E-state index contributed by atoms with van der Waals surface area (Å²) in [6.07, 6.45) is 2.07. The van der Waals surface area contributed by atoms with Crippen LogP contribution in [-0.2, 0) is 16.0 Å². The number of methoxy groups -OCH3 is 2. The molecule has 110 valence electrons. The number of ether oxygens (including phenoxy) is 2. The second-order valence-electron chi connectivity index (χ2n) is 4.26. The molecule has 7 heteroatoms. The summed E-state index contributed by atoms with van der Waals surface area (Å²) in [6, 6.07) is 0.642. The smallest absolute Gasteiger partial charge is 0.315 e. The van der Waals surface area contributed by atoms with Crippen LogP contribution in [0.1, 0.15) is 25.7 Å². The van der Waals surface area contributed by atoms with Gasteiger partial charge < -0.3 is 24.5 Å². The molecule has 1 aromatic heterocycles. The first-order chi connectivity index (χ1) is 9.30. The Kier molecular flexibility index (Phi) is 8.11. The fraction of sp³-hybridized carbons (Fsp3) is 0.833. The van der Waals surface area contributed by atoms with Crippen LogP contribution in [-0.4, -0.2) is 50.2 Å². The number of rotatable bonds is 11. The minimum absolute atomic E-state index is 0.199. The lowest BCUT2D eigenvalue weighted by molar-refractivity contribution is 0.181. The molecule has 19 heavy (non-hydrogen) atoms. The van der Waals surface area contributed by atoms with Gasteiger partial charge in [-0.05, 0) is 6.42 Å². The summed E-state index contributed by atoms with van der Waals surface area (Å²) in [4.78, 5) is 0. The highest BCUT2D eigenvalue weighted by Gasteiger charge is 2.12. The third-order valence-electron chi connectivity index (χ3n) is 2.56. The second-order valence-corrected chi connectivity index (χ2v) is 4.26. The van der Waals surface area contributed by atoms with Crippen molar-refractivity contribution in [2.24, 2.45) is 0 Å². The second kappa shape index (κ2) is 9.71. The summed E-state index contributed by atoms with van der Waals surface area (Å²) in [5.74, 6) is 0.561. The van der Waals surface area contributed by atoms with E-state index in [4.69, 9.17) is 13.9 Å². The van der Waals surface area contributed by atoms with E-state index in [1.54, 1.807) is 14.2 Å². The fourth-order valence-electron chi connectivity index (χ4n) is 1.67. The van der Waals surface area contributed by atoms with Gasteiger partial charge in [-0.25, -0.2) is 0 Å². The van der Waals surface area contributed by atoms with Crippen molar-refractivity contribution in [2.45, 2.75) is 32.4 Å². The molecule has 0 aliphatic carbocycles. The zero-order chi connectivity index (χ0) is 13.9. The molecule has 1 heterocycles. The molecule has 1 aromatic rings. The predicted octanol–water partition coefficient (Wildman–Crippen LogP) is 1.03. The Labute approximate surface area is 114 Å². The van der Waals surface area contributed by atoms with Crippen molar-refractivity contribution in [2.75, 3.05) is 39.3 Å². The van der Waals surface area contributed by atoms with Gasteiger partial charge in [0.15, 0.2) is 0 Å². The Bertz CT molecular complexity index is 327. The number of nitrogens with zero attached hydrogens (tertiary/aromatic N) is 2. The van der Waals surface area contributed by atoms with Gasteiger partial charge in [0.05, 0.1) is 25.8 Å². The zero-order valence-corrected chi connectivity index (χ0v) is 11.9. The van der Waals surface area contributed by atoms with Gasteiger partial charge in [0.2, 0.25) is 5.89 Å². The molecular formula is C12H24N4O3. The highest BCUT2D eigenvalue weighted by Crippen LogP contribution is 2.09. The van der Waals surface area contributed by atoms with Gasteiger partial charge in [0.25, 0.3) is 0 Å². The summed E-state index contributed by atoms with van der Waals surface area (Å²) >= 11 is 0. The lowest BCUT2D eigenvalue weighted by Gasteiger charge is -2.14. The van der Waals surface area contributed by atoms with E-state index in [2.05, 4.69) is 27.8 Å². The van der Waals surface area contributed by atoms with Gasteiger partial charge in [-0.2, -0.15) is 0 Å². The lowest BCUT2D eigenvalue weighted by atomic mass is 10.2.